The summed E-state index contributed by atoms with van der Waals surface area (Å²) in [5, 5.41) is 7.45. The summed E-state index contributed by atoms with van der Waals surface area (Å²) in [5.74, 6) is -0.0320. The second-order valence-corrected chi connectivity index (χ2v) is 4.40. The Kier molecular flexibility index (Phi) is 2.71. The number of hydrogen-bond donors (Lipinski definition) is 0. The van der Waals surface area contributed by atoms with Gasteiger partial charge < -0.3 is 9.64 Å². The second kappa shape index (κ2) is 4.38. The molecule has 0 spiro atoms. The fourth-order valence-electron chi connectivity index (χ4n) is 2.11. The second-order valence-electron chi connectivity index (χ2n) is 4.40. The molecule has 1 aliphatic rings. The van der Waals surface area contributed by atoms with Gasteiger partial charge in [-0.2, -0.15) is 0 Å². The van der Waals surface area contributed by atoms with Crippen molar-refractivity contribution in [2.24, 2.45) is 0 Å². The van der Waals surface area contributed by atoms with Gasteiger partial charge in [0.1, 0.15) is 11.0 Å². The number of carbonyl (C=O) groups excluding carboxylic acids is 1. The SMILES string of the molecule is CN(C(=O)c1ccc2nonc2c1)C1CCOC1. The first-order valence-electron chi connectivity index (χ1n) is 5.83. The Morgan fingerprint density at radius 2 is 2.22 bits per heavy atom. The summed E-state index contributed by atoms with van der Waals surface area (Å²) in [7, 11) is 1.80. The van der Waals surface area contributed by atoms with E-state index in [4.69, 9.17) is 4.74 Å². The molecule has 1 amide bonds. The van der Waals surface area contributed by atoms with E-state index in [1.807, 2.05) is 0 Å². The number of ether oxygens (including phenoxy) is 1. The maximum atomic E-state index is 12.3. The van der Waals surface area contributed by atoms with Crippen LogP contribution in [0.1, 0.15) is 16.8 Å². The zero-order chi connectivity index (χ0) is 12.5. The average Bonchev–Trinajstić information content (AvgIpc) is 3.06. The first-order chi connectivity index (χ1) is 8.75. The quantitative estimate of drug-likeness (QED) is 0.794. The smallest absolute Gasteiger partial charge is 0.254 e. The van der Waals surface area contributed by atoms with E-state index >= 15 is 0 Å². The predicted octanol–water partition coefficient (Wildman–Crippen LogP) is 1.08. The molecule has 0 radical (unpaired) electrons. The fraction of sp³-hybridized carbons (Fsp3) is 0.417. The summed E-state index contributed by atoms with van der Waals surface area (Å²) < 4.78 is 9.91. The summed E-state index contributed by atoms with van der Waals surface area (Å²) in [6, 6.07) is 5.32. The number of amides is 1. The van der Waals surface area contributed by atoms with Gasteiger partial charge in [0.15, 0.2) is 0 Å². The zero-order valence-electron chi connectivity index (χ0n) is 10.00. The van der Waals surface area contributed by atoms with E-state index in [2.05, 4.69) is 14.9 Å². The number of rotatable bonds is 2. The van der Waals surface area contributed by atoms with Gasteiger partial charge in [0.05, 0.1) is 12.6 Å². The van der Waals surface area contributed by atoms with Gasteiger partial charge in [0, 0.05) is 19.2 Å². The maximum absolute atomic E-state index is 12.3. The van der Waals surface area contributed by atoms with Crippen LogP contribution in [0.15, 0.2) is 22.8 Å². The van der Waals surface area contributed by atoms with Crippen molar-refractivity contribution in [1.29, 1.82) is 0 Å². The molecule has 18 heavy (non-hydrogen) atoms. The summed E-state index contributed by atoms with van der Waals surface area (Å²) in [5.41, 5.74) is 1.84. The van der Waals surface area contributed by atoms with Crippen LogP contribution < -0.4 is 0 Å². The number of hydrogen-bond acceptors (Lipinski definition) is 5. The number of carbonyl (C=O) groups is 1. The highest BCUT2D eigenvalue weighted by Crippen LogP contribution is 2.17. The zero-order valence-corrected chi connectivity index (χ0v) is 10.00. The van der Waals surface area contributed by atoms with Crippen LogP contribution >= 0.6 is 0 Å². The molecule has 1 saturated heterocycles. The monoisotopic (exact) mass is 247 g/mol. The molecule has 0 saturated carbocycles. The summed E-state index contributed by atoms with van der Waals surface area (Å²) in [4.78, 5) is 14.0. The van der Waals surface area contributed by atoms with Gasteiger partial charge in [0.25, 0.3) is 5.91 Å². The van der Waals surface area contributed by atoms with Crippen molar-refractivity contribution >= 4 is 16.9 Å². The summed E-state index contributed by atoms with van der Waals surface area (Å²) >= 11 is 0. The number of nitrogens with zero attached hydrogens (tertiary/aromatic N) is 3. The molecule has 2 heterocycles. The largest absolute Gasteiger partial charge is 0.379 e. The van der Waals surface area contributed by atoms with Crippen molar-refractivity contribution in [1.82, 2.24) is 15.2 Å². The van der Waals surface area contributed by atoms with Crippen LogP contribution in [0.5, 0.6) is 0 Å². The molecule has 1 aromatic carbocycles. The Morgan fingerprint density at radius 1 is 1.39 bits per heavy atom. The van der Waals surface area contributed by atoms with E-state index in [0.29, 0.717) is 29.8 Å². The lowest BCUT2D eigenvalue weighted by molar-refractivity contribution is 0.0711. The lowest BCUT2D eigenvalue weighted by Crippen LogP contribution is -2.37. The van der Waals surface area contributed by atoms with Gasteiger partial charge in [-0.15, -0.1) is 0 Å². The molecule has 1 fully saturated rings. The van der Waals surface area contributed by atoms with E-state index in [9.17, 15) is 4.79 Å². The minimum atomic E-state index is -0.0320. The van der Waals surface area contributed by atoms with Crippen LogP contribution in [-0.4, -0.2) is 47.4 Å². The standard InChI is InChI=1S/C12H13N3O3/c1-15(9-4-5-17-7-9)12(16)8-2-3-10-11(6-8)14-18-13-10/h2-3,6,9H,4-5,7H2,1H3. The van der Waals surface area contributed by atoms with Crippen LogP contribution in [0.4, 0.5) is 0 Å². The van der Waals surface area contributed by atoms with Crippen LogP contribution in [0.2, 0.25) is 0 Å². The van der Waals surface area contributed by atoms with Gasteiger partial charge >= 0.3 is 0 Å². The van der Waals surface area contributed by atoms with E-state index in [0.717, 1.165) is 6.42 Å². The maximum Gasteiger partial charge on any atom is 0.254 e. The van der Waals surface area contributed by atoms with Crippen molar-refractivity contribution in [3.8, 4) is 0 Å². The Morgan fingerprint density at radius 3 is 3.00 bits per heavy atom. The fourth-order valence-corrected chi connectivity index (χ4v) is 2.11. The van der Waals surface area contributed by atoms with Crippen LogP contribution in [0, 0.1) is 0 Å². The van der Waals surface area contributed by atoms with Gasteiger partial charge in [-0.25, -0.2) is 4.63 Å². The molecule has 1 atom stereocenters. The summed E-state index contributed by atoms with van der Waals surface area (Å²) in [6.07, 6.45) is 0.885. The first-order valence-corrected chi connectivity index (χ1v) is 5.83. The van der Waals surface area contributed by atoms with E-state index < -0.39 is 0 Å². The molecule has 0 aliphatic carbocycles. The molecular weight excluding hydrogens is 234 g/mol. The van der Waals surface area contributed by atoms with Gasteiger partial charge in [-0.05, 0) is 34.9 Å². The minimum absolute atomic E-state index is 0.0320. The van der Waals surface area contributed by atoms with Crippen molar-refractivity contribution in [3.63, 3.8) is 0 Å². The Hall–Kier alpha value is -1.95. The van der Waals surface area contributed by atoms with Gasteiger partial charge in [0.2, 0.25) is 0 Å². The number of fused-ring (bicyclic) bond motifs is 1. The normalized spacial score (nSPS) is 19.3. The molecule has 1 aromatic heterocycles. The van der Waals surface area contributed by atoms with E-state index in [-0.39, 0.29) is 11.9 Å². The predicted molar refractivity (Wildman–Crippen MR) is 63.1 cm³/mol. The summed E-state index contributed by atoms with van der Waals surface area (Å²) in [6.45, 7) is 1.32. The van der Waals surface area contributed by atoms with Crippen LogP contribution in [0.3, 0.4) is 0 Å². The van der Waals surface area contributed by atoms with Crippen molar-refractivity contribution < 1.29 is 14.2 Å². The highest BCUT2D eigenvalue weighted by Gasteiger charge is 2.25. The third kappa shape index (κ3) is 1.84. The molecule has 6 nitrogen and oxygen atoms in total. The van der Waals surface area contributed by atoms with Gasteiger partial charge in [-0.3, -0.25) is 4.79 Å². The Balaban J connectivity index is 1.86. The first kappa shape index (κ1) is 11.2. The number of likely N-dealkylation sites (N-methyl/N-ethyl adjacent to an activating group) is 1. The minimum Gasteiger partial charge on any atom is -0.379 e. The topological polar surface area (TPSA) is 68.5 Å². The van der Waals surface area contributed by atoms with E-state index in [1.165, 1.54) is 0 Å². The van der Waals surface area contributed by atoms with E-state index in [1.54, 1.807) is 30.1 Å². The van der Waals surface area contributed by atoms with Crippen LogP contribution in [0.25, 0.3) is 11.0 Å². The molecule has 0 bridgehead atoms. The molecule has 1 unspecified atom stereocenters. The van der Waals surface area contributed by atoms with Crippen LogP contribution in [-0.2, 0) is 4.74 Å². The third-order valence-corrected chi connectivity index (χ3v) is 3.27. The molecule has 0 N–H and O–H groups in total. The van der Waals surface area contributed by atoms with Crippen molar-refractivity contribution in [2.45, 2.75) is 12.5 Å². The molecule has 1 aliphatic heterocycles. The number of aromatic nitrogens is 2. The molecule has 94 valence electrons. The lowest BCUT2D eigenvalue weighted by Gasteiger charge is -2.23. The third-order valence-electron chi connectivity index (χ3n) is 3.27. The molecule has 2 aromatic rings. The average molecular weight is 247 g/mol. The Labute approximate surface area is 103 Å². The van der Waals surface area contributed by atoms with Gasteiger partial charge in [-0.1, -0.05) is 0 Å². The molecule has 6 heteroatoms. The highest BCUT2D eigenvalue weighted by molar-refractivity contribution is 5.97. The highest BCUT2D eigenvalue weighted by atomic mass is 16.6. The lowest BCUT2D eigenvalue weighted by atomic mass is 10.1. The van der Waals surface area contributed by atoms with Crippen molar-refractivity contribution in [2.75, 3.05) is 20.3 Å². The van der Waals surface area contributed by atoms with Crippen molar-refractivity contribution in [3.05, 3.63) is 23.8 Å². The Bertz CT molecular complexity index is 575. The number of benzene rings is 1. The molecular formula is C12H13N3O3. The molecule has 3 rings (SSSR count).